The number of pyridine rings is 1. The Labute approximate surface area is 129 Å². The number of thioether (sulfide) groups is 1. The zero-order valence-electron chi connectivity index (χ0n) is 12.3. The van der Waals surface area contributed by atoms with Gasteiger partial charge in [0, 0.05) is 20.3 Å². The van der Waals surface area contributed by atoms with Crippen molar-refractivity contribution in [1.29, 1.82) is 0 Å². The van der Waals surface area contributed by atoms with E-state index >= 15 is 0 Å². The molecule has 1 aliphatic rings. The molecule has 0 bridgehead atoms. The quantitative estimate of drug-likeness (QED) is 0.604. The van der Waals surface area contributed by atoms with Crippen LogP contribution in [0.3, 0.4) is 0 Å². The average molecular weight is 329 g/mol. The largest absolute Gasteiger partial charge is 0.271 e. The number of carbonyl (C=O) groups is 1. The molecule has 2 heterocycles. The van der Waals surface area contributed by atoms with Crippen LogP contribution in [-0.4, -0.2) is 67.2 Å². The van der Waals surface area contributed by atoms with Gasteiger partial charge in [-0.3, -0.25) is 9.80 Å². The number of carbonyl (C=O) groups excluding carboxylic acids is 1. The molecular formula is C13H19N3O3S2. The Bertz CT molecular complexity index is 631. The fourth-order valence-corrected chi connectivity index (χ4v) is 4.72. The van der Waals surface area contributed by atoms with Crippen LogP contribution in [0.5, 0.6) is 0 Å². The standard InChI is InChI=1S/C13H19N3O3S2/c1-15(2)16(10-6-8-21(18,19)9-10)13(17)11-5-4-7-14-12(11)20-3/h4-5,7,10H,6,8-9H2,1-3H3/t10-/m1/s1. The first-order valence-electron chi connectivity index (χ1n) is 6.56. The molecule has 116 valence electrons. The third-order valence-electron chi connectivity index (χ3n) is 3.39. The van der Waals surface area contributed by atoms with Crippen molar-refractivity contribution in [3.63, 3.8) is 0 Å². The molecule has 1 aliphatic heterocycles. The summed E-state index contributed by atoms with van der Waals surface area (Å²) in [4.78, 5) is 17.0. The van der Waals surface area contributed by atoms with Gasteiger partial charge in [-0.1, -0.05) is 0 Å². The maximum Gasteiger partial charge on any atom is 0.271 e. The Hall–Kier alpha value is -1.12. The van der Waals surface area contributed by atoms with Gasteiger partial charge >= 0.3 is 0 Å². The molecule has 1 fully saturated rings. The highest BCUT2D eigenvalue weighted by atomic mass is 32.2. The first-order valence-corrected chi connectivity index (χ1v) is 9.60. The van der Waals surface area contributed by atoms with Gasteiger partial charge in [-0.25, -0.2) is 18.4 Å². The van der Waals surface area contributed by atoms with Crippen molar-refractivity contribution in [1.82, 2.24) is 15.0 Å². The predicted molar refractivity (Wildman–Crippen MR) is 82.9 cm³/mol. The minimum Gasteiger partial charge on any atom is -0.268 e. The van der Waals surface area contributed by atoms with Crippen LogP contribution in [0.15, 0.2) is 23.4 Å². The number of hydrazine groups is 1. The normalized spacial score (nSPS) is 20.7. The molecule has 0 unspecified atom stereocenters. The van der Waals surface area contributed by atoms with E-state index in [-0.39, 0.29) is 23.5 Å². The number of hydrogen-bond donors (Lipinski definition) is 0. The van der Waals surface area contributed by atoms with E-state index in [0.717, 1.165) is 0 Å². The maximum absolute atomic E-state index is 12.8. The SMILES string of the molecule is CSc1ncccc1C(=O)N([C@@H]1CCS(=O)(=O)C1)N(C)C. The second-order valence-electron chi connectivity index (χ2n) is 5.11. The van der Waals surface area contributed by atoms with E-state index in [2.05, 4.69) is 4.98 Å². The first-order chi connectivity index (χ1) is 9.85. The van der Waals surface area contributed by atoms with E-state index in [0.29, 0.717) is 17.0 Å². The zero-order chi connectivity index (χ0) is 15.6. The van der Waals surface area contributed by atoms with Crippen LogP contribution in [-0.2, 0) is 9.84 Å². The highest BCUT2D eigenvalue weighted by Gasteiger charge is 2.36. The molecule has 8 heteroatoms. The molecule has 0 aromatic carbocycles. The smallest absolute Gasteiger partial charge is 0.268 e. The lowest BCUT2D eigenvalue weighted by molar-refractivity contribution is 0.000618. The van der Waals surface area contributed by atoms with Gasteiger partial charge < -0.3 is 0 Å². The van der Waals surface area contributed by atoms with Crippen molar-refractivity contribution in [3.8, 4) is 0 Å². The van der Waals surface area contributed by atoms with Crippen molar-refractivity contribution < 1.29 is 13.2 Å². The molecule has 6 nitrogen and oxygen atoms in total. The Morgan fingerprint density at radius 3 is 2.67 bits per heavy atom. The molecule has 0 aliphatic carbocycles. The number of hydrogen-bond acceptors (Lipinski definition) is 6. The predicted octanol–water partition coefficient (Wildman–Crippen LogP) is 0.909. The number of amides is 1. The van der Waals surface area contributed by atoms with E-state index in [1.807, 2.05) is 6.26 Å². The van der Waals surface area contributed by atoms with Gasteiger partial charge in [-0.2, -0.15) is 0 Å². The average Bonchev–Trinajstić information content (AvgIpc) is 2.78. The molecule has 1 amide bonds. The molecule has 0 spiro atoms. The van der Waals surface area contributed by atoms with Crippen LogP contribution in [0.1, 0.15) is 16.8 Å². The Kier molecular flexibility index (Phi) is 4.90. The molecule has 0 N–H and O–H groups in total. The Balaban J connectivity index is 2.33. The van der Waals surface area contributed by atoms with E-state index < -0.39 is 9.84 Å². The third-order valence-corrected chi connectivity index (χ3v) is 5.85. The summed E-state index contributed by atoms with van der Waals surface area (Å²) in [5.41, 5.74) is 0.503. The first kappa shape index (κ1) is 16.3. The number of nitrogens with zero attached hydrogens (tertiary/aromatic N) is 3. The third kappa shape index (κ3) is 3.56. The summed E-state index contributed by atoms with van der Waals surface area (Å²) in [7, 11) is 0.449. The van der Waals surface area contributed by atoms with E-state index in [1.54, 1.807) is 37.4 Å². The number of sulfone groups is 1. The topological polar surface area (TPSA) is 70.6 Å². The molecule has 2 rings (SSSR count). The Morgan fingerprint density at radius 1 is 1.43 bits per heavy atom. The molecule has 1 saturated heterocycles. The fourth-order valence-electron chi connectivity index (χ4n) is 2.48. The van der Waals surface area contributed by atoms with Gasteiger partial charge in [0.25, 0.3) is 5.91 Å². The van der Waals surface area contributed by atoms with Gasteiger partial charge in [0.05, 0.1) is 23.1 Å². The lowest BCUT2D eigenvalue weighted by Crippen LogP contribution is -2.49. The minimum absolute atomic E-state index is 0.0196. The van der Waals surface area contributed by atoms with Gasteiger partial charge in [0.15, 0.2) is 9.84 Å². The van der Waals surface area contributed by atoms with Gasteiger partial charge in [-0.05, 0) is 24.8 Å². The van der Waals surface area contributed by atoms with Crippen molar-refractivity contribution in [2.24, 2.45) is 0 Å². The summed E-state index contributed by atoms with van der Waals surface area (Å²) < 4.78 is 23.4. The molecule has 0 saturated carbocycles. The van der Waals surface area contributed by atoms with Crippen LogP contribution in [0, 0.1) is 0 Å². The summed E-state index contributed by atoms with van der Waals surface area (Å²) in [5.74, 6) is -0.0525. The molecule has 21 heavy (non-hydrogen) atoms. The lowest BCUT2D eigenvalue weighted by atomic mass is 10.2. The zero-order valence-corrected chi connectivity index (χ0v) is 13.9. The van der Waals surface area contributed by atoms with Gasteiger partial charge in [0.1, 0.15) is 5.03 Å². The second-order valence-corrected chi connectivity index (χ2v) is 8.14. The molecular weight excluding hydrogens is 310 g/mol. The molecule has 1 aromatic rings. The summed E-state index contributed by atoms with van der Waals surface area (Å²) in [6.45, 7) is 0. The van der Waals surface area contributed by atoms with Crippen LogP contribution in [0.2, 0.25) is 0 Å². The summed E-state index contributed by atoms with van der Waals surface area (Å²) >= 11 is 1.40. The van der Waals surface area contributed by atoms with Crippen LogP contribution < -0.4 is 0 Å². The van der Waals surface area contributed by atoms with E-state index in [9.17, 15) is 13.2 Å². The van der Waals surface area contributed by atoms with Crippen molar-refractivity contribution in [2.45, 2.75) is 17.5 Å². The summed E-state index contributed by atoms with van der Waals surface area (Å²) in [6, 6.07) is 3.13. The van der Waals surface area contributed by atoms with Gasteiger partial charge in [0.2, 0.25) is 0 Å². The molecule has 1 atom stereocenters. The van der Waals surface area contributed by atoms with E-state index in [4.69, 9.17) is 0 Å². The lowest BCUT2D eigenvalue weighted by Gasteiger charge is -2.34. The van der Waals surface area contributed by atoms with Crippen molar-refractivity contribution in [2.75, 3.05) is 31.9 Å². The summed E-state index contributed by atoms with van der Waals surface area (Å²) in [6.07, 6.45) is 3.98. The highest BCUT2D eigenvalue weighted by Crippen LogP contribution is 2.24. The van der Waals surface area contributed by atoms with Crippen LogP contribution >= 0.6 is 11.8 Å². The van der Waals surface area contributed by atoms with Crippen LogP contribution in [0.4, 0.5) is 0 Å². The van der Waals surface area contributed by atoms with Crippen molar-refractivity contribution in [3.05, 3.63) is 23.9 Å². The maximum atomic E-state index is 12.8. The second kappa shape index (κ2) is 6.33. The number of aromatic nitrogens is 1. The highest BCUT2D eigenvalue weighted by molar-refractivity contribution is 7.98. The molecule has 0 radical (unpaired) electrons. The number of rotatable bonds is 4. The fraction of sp³-hybridized carbons (Fsp3) is 0.538. The summed E-state index contributed by atoms with van der Waals surface area (Å²) in [5, 5.41) is 3.84. The van der Waals surface area contributed by atoms with Crippen molar-refractivity contribution >= 4 is 27.5 Å². The van der Waals surface area contributed by atoms with E-state index in [1.165, 1.54) is 16.8 Å². The minimum atomic E-state index is -3.05. The Morgan fingerprint density at radius 2 is 2.14 bits per heavy atom. The van der Waals surface area contributed by atoms with Gasteiger partial charge in [-0.15, -0.1) is 11.8 Å². The monoisotopic (exact) mass is 329 g/mol. The van der Waals surface area contributed by atoms with Crippen LogP contribution in [0.25, 0.3) is 0 Å². The molecule has 1 aromatic heterocycles.